The smallest absolute Gasteiger partial charge is 0.276 e. The number of benzene rings is 2. The van der Waals surface area contributed by atoms with Crippen molar-refractivity contribution >= 4 is 56.8 Å². The Morgan fingerprint density at radius 2 is 1.90 bits per heavy atom. The monoisotopic (exact) mass is 494 g/mol. The van der Waals surface area contributed by atoms with E-state index in [1.807, 2.05) is 43.3 Å². The van der Waals surface area contributed by atoms with E-state index in [1.54, 1.807) is 30.0 Å². The normalized spacial score (nSPS) is 15.4. The van der Waals surface area contributed by atoms with Gasteiger partial charge in [-0.1, -0.05) is 39.7 Å². The van der Waals surface area contributed by atoms with Crippen LogP contribution in [0, 0.1) is 0 Å². The molecule has 152 valence electrons. The SMILES string of the molecule is CCN1C(=O)/C(=C/c2cc(OC)c(OCc3ccc(Cl)cc3)cc2Br)N(C)C1=S. The molecule has 5 nitrogen and oxygen atoms in total. The highest BCUT2D eigenvalue weighted by atomic mass is 79.9. The van der Waals surface area contributed by atoms with E-state index in [-0.39, 0.29) is 5.91 Å². The number of methoxy groups -OCH3 is 1. The van der Waals surface area contributed by atoms with Crippen molar-refractivity contribution in [1.29, 1.82) is 0 Å². The van der Waals surface area contributed by atoms with Gasteiger partial charge in [0.25, 0.3) is 5.91 Å². The van der Waals surface area contributed by atoms with Crippen LogP contribution in [0.2, 0.25) is 5.02 Å². The first-order valence-electron chi connectivity index (χ1n) is 8.91. The van der Waals surface area contributed by atoms with Gasteiger partial charge in [-0.3, -0.25) is 9.69 Å². The Balaban J connectivity index is 1.87. The highest BCUT2D eigenvalue weighted by molar-refractivity contribution is 9.10. The number of hydrogen-bond donors (Lipinski definition) is 0. The number of nitrogens with zero attached hydrogens (tertiary/aromatic N) is 2. The molecule has 29 heavy (non-hydrogen) atoms. The number of carbonyl (C=O) groups is 1. The molecule has 1 heterocycles. The van der Waals surface area contributed by atoms with E-state index in [1.165, 1.54) is 0 Å². The first kappa shape index (κ1) is 21.6. The quantitative estimate of drug-likeness (QED) is 0.411. The molecule has 0 spiro atoms. The van der Waals surface area contributed by atoms with Crippen molar-refractivity contribution in [3.63, 3.8) is 0 Å². The highest BCUT2D eigenvalue weighted by Crippen LogP contribution is 2.36. The third-order valence-corrected chi connectivity index (χ3v) is 5.98. The van der Waals surface area contributed by atoms with Crippen LogP contribution in [0.4, 0.5) is 0 Å². The summed E-state index contributed by atoms with van der Waals surface area (Å²) in [7, 11) is 3.37. The predicted molar refractivity (Wildman–Crippen MR) is 122 cm³/mol. The van der Waals surface area contributed by atoms with E-state index in [9.17, 15) is 4.79 Å². The summed E-state index contributed by atoms with van der Waals surface area (Å²) in [6.07, 6.45) is 1.79. The van der Waals surface area contributed by atoms with Gasteiger partial charge in [-0.05, 0) is 60.6 Å². The van der Waals surface area contributed by atoms with E-state index in [0.717, 1.165) is 15.6 Å². The van der Waals surface area contributed by atoms with Crippen LogP contribution in [0.3, 0.4) is 0 Å². The summed E-state index contributed by atoms with van der Waals surface area (Å²) in [6.45, 7) is 2.80. The molecule has 2 aromatic carbocycles. The van der Waals surface area contributed by atoms with Gasteiger partial charge in [0.05, 0.1) is 7.11 Å². The van der Waals surface area contributed by atoms with Crippen LogP contribution < -0.4 is 9.47 Å². The minimum Gasteiger partial charge on any atom is -0.493 e. The molecule has 2 aromatic rings. The number of thiocarbonyl (C=S) groups is 1. The molecule has 1 aliphatic rings. The second kappa shape index (κ2) is 9.15. The average molecular weight is 496 g/mol. The van der Waals surface area contributed by atoms with Gasteiger partial charge in [-0.15, -0.1) is 0 Å². The Hall–Kier alpha value is -2.09. The van der Waals surface area contributed by atoms with Gasteiger partial charge < -0.3 is 14.4 Å². The van der Waals surface area contributed by atoms with Gasteiger partial charge in [-0.2, -0.15) is 0 Å². The van der Waals surface area contributed by atoms with Crippen molar-refractivity contribution in [2.45, 2.75) is 13.5 Å². The summed E-state index contributed by atoms with van der Waals surface area (Å²) >= 11 is 14.8. The number of carbonyl (C=O) groups excluding carboxylic acids is 1. The summed E-state index contributed by atoms with van der Waals surface area (Å²) in [4.78, 5) is 15.9. The summed E-state index contributed by atoms with van der Waals surface area (Å²) in [5.41, 5.74) is 2.29. The maximum Gasteiger partial charge on any atom is 0.276 e. The molecule has 0 aliphatic carbocycles. The van der Waals surface area contributed by atoms with Crippen molar-refractivity contribution in [3.05, 3.63) is 62.7 Å². The lowest BCUT2D eigenvalue weighted by Gasteiger charge is -2.14. The molecule has 0 N–H and O–H groups in total. The third kappa shape index (κ3) is 4.57. The molecule has 1 saturated heterocycles. The van der Waals surface area contributed by atoms with E-state index < -0.39 is 0 Å². The zero-order valence-electron chi connectivity index (χ0n) is 16.2. The lowest BCUT2D eigenvalue weighted by molar-refractivity contribution is -0.122. The molecule has 0 atom stereocenters. The van der Waals surface area contributed by atoms with Crippen LogP contribution in [0.15, 0.2) is 46.6 Å². The Morgan fingerprint density at radius 1 is 1.21 bits per heavy atom. The van der Waals surface area contributed by atoms with Crippen LogP contribution >= 0.6 is 39.7 Å². The van der Waals surface area contributed by atoms with E-state index in [2.05, 4.69) is 15.9 Å². The third-order valence-electron chi connectivity index (χ3n) is 4.54. The van der Waals surface area contributed by atoms with Gasteiger partial charge in [-0.25, -0.2) is 0 Å². The van der Waals surface area contributed by atoms with Crippen molar-refractivity contribution < 1.29 is 14.3 Å². The molecule has 1 aliphatic heterocycles. The molecule has 0 unspecified atom stereocenters. The number of likely N-dealkylation sites (N-methyl/N-ethyl adjacent to an activating group) is 2. The van der Waals surface area contributed by atoms with E-state index >= 15 is 0 Å². The minimum atomic E-state index is -0.117. The first-order chi connectivity index (χ1) is 13.8. The molecular weight excluding hydrogens is 476 g/mol. The fourth-order valence-electron chi connectivity index (χ4n) is 2.91. The standard InChI is InChI=1S/C21H20BrClN2O3S/c1-4-25-20(26)17(24(2)21(25)29)9-14-10-18(27-3)19(11-16(14)22)28-12-13-5-7-15(23)8-6-13/h5-11H,4,12H2,1-3H3/b17-9-. The fourth-order valence-corrected chi connectivity index (χ4v) is 3.79. The molecule has 0 aromatic heterocycles. The largest absolute Gasteiger partial charge is 0.493 e. The topological polar surface area (TPSA) is 42.0 Å². The van der Waals surface area contributed by atoms with Gasteiger partial charge in [0.1, 0.15) is 12.3 Å². The van der Waals surface area contributed by atoms with E-state index in [4.69, 9.17) is 33.3 Å². The lowest BCUT2D eigenvalue weighted by Crippen LogP contribution is -2.30. The molecule has 0 radical (unpaired) electrons. The van der Waals surface area contributed by atoms with Gasteiger partial charge >= 0.3 is 0 Å². The van der Waals surface area contributed by atoms with Gasteiger partial charge in [0, 0.05) is 23.1 Å². The minimum absolute atomic E-state index is 0.117. The molecule has 1 amide bonds. The summed E-state index contributed by atoms with van der Waals surface area (Å²) in [5, 5.41) is 1.17. The van der Waals surface area contributed by atoms with Crippen LogP contribution in [0.5, 0.6) is 11.5 Å². The lowest BCUT2D eigenvalue weighted by atomic mass is 10.1. The van der Waals surface area contributed by atoms with E-state index in [0.29, 0.717) is 40.5 Å². The number of ether oxygens (including phenoxy) is 2. The number of rotatable bonds is 6. The maximum atomic E-state index is 12.6. The molecule has 0 bridgehead atoms. The Labute approximate surface area is 189 Å². The summed E-state index contributed by atoms with van der Waals surface area (Å²) in [6, 6.07) is 11.1. The highest BCUT2D eigenvalue weighted by Gasteiger charge is 2.34. The predicted octanol–water partition coefficient (Wildman–Crippen LogP) is 5.11. The molecular formula is C21H20BrClN2O3S. The molecule has 0 saturated carbocycles. The van der Waals surface area contributed by atoms with Crippen LogP contribution in [0.1, 0.15) is 18.1 Å². The molecule has 3 rings (SSSR count). The van der Waals surface area contributed by atoms with Crippen molar-refractivity contribution in [1.82, 2.24) is 9.80 Å². The Bertz CT molecular complexity index is 979. The van der Waals surface area contributed by atoms with Crippen LogP contribution in [0.25, 0.3) is 6.08 Å². The Morgan fingerprint density at radius 3 is 2.48 bits per heavy atom. The molecule has 8 heteroatoms. The second-order valence-corrected chi connectivity index (χ2v) is 8.02. The summed E-state index contributed by atoms with van der Waals surface area (Å²) in [5.74, 6) is 1.04. The number of amides is 1. The zero-order valence-corrected chi connectivity index (χ0v) is 19.4. The zero-order chi connectivity index (χ0) is 21.1. The van der Waals surface area contributed by atoms with Crippen molar-refractivity contribution in [2.75, 3.05) is 20.7 Å². The first-order valence-corrected chi connectivity index (χ1v) is 10.5. The van der Waals surface area contributed by atoms with Crippen molar-refractivity contribution in [3.8, 4) is 11.5 Å². The molecule has 1 fully saturated rings. The number of halogens is 2. The van der Waals surface area contributed by atoms with Crippen molar-refractivity contribution in [2.24, 2.45) is 0 Å². The fraction of sp³-hybridized carbons (Fsp3) is 0.238. The maximum absolute atomic E-state index is 12.6. The average Bonchev–Trinajstić information content (AvgIpc) is 2.91. The summed E-state index contributed by atoms with van der Waals surface area (Å²) < 4.78 is 12.2. The number of hydrogen-bond acceptors (Lipinski definition) is 4. The van der Waals surface area contributed by atoms with Gasteiger partial charge in [0.15, 0.2) is 16.6 Å². The Kier molecular flexibility index (Phi) is 6.82. The van der Waals surface area contributed by atoms with Crippen LogP contribution in [-0.2, 0) is 11.4 Å². The van der Waals surface area contributed by atoms with Crippen LogP contribution in [-0.4, -0.2) is 41.5 Å². The van der Waals surface area contributed by atoms with Gasteiger partial charge in [0.2, 0.25) is 0 Å². The second-order valence-electron chi connectivity index (χ2n) is 6.36.